The van der Waals surface area contributed by atoms with Gasteiger partial charge < -0.3 is 14.2 Å². The van der Waals surface area contributed by atoms with E-state index in [0.717, 1.165) is 17.8 Å². The Hall–Kier alpha value is -2.77. The van der Waals surface area contributed by atoms with Crippen LogP contribution >= 0.6 is 11.6 Å². The van der Waals surface area contributed by atoms with Crippen molar-refractivity contribution in [3.05, 3.63) is 94.3 Å². The molecular weight excluding hydrogens is 429 g/mol. The van der Waals surface area contributed by atoms with Crippen molar-refractivity contribution >= 4 is 17.5 Å². The summed E-state index contributed by atoms with van der Waals surface area (Å²) < 4.78 is 46.0. The summed E-state index contributed by atoms with van der Waals surface area (Å²) >= 11 is 6.02. The summed E-state index contributed by atoms with van der Waals surface area (Å²) in [5, 5.41) is 0.463. The zero-order valence-corrected chi connectivity index (χ0v) is 17.7. The van der Waals surface area contributed by atoms with Gasteiger partial charge in [0.1, 0.15) is 0 Å². The molecule has 0 aliphatic heterocycles. The van der Waals surface area contributed by atoms with Crippen molar-refractivity contribution in [2.45, 2.75) is 19.3 Å². The highest BCUT2D eigenvalue weighted by Crippen LogP contribution is 2.29. The Labute approximate surface area is 183 Å². The van der Waals surface area contributed by atoms with E-state index in [1.165, 1.54) is 6.07 Å². The molecule has 0 aliphatic carbocycles. The van der Waals surface area contributed by atoms with Gasteiger partial charge in [0.25, 0.3) is 5.91 Å². The maximum Gasteiger partial charge on any atom is 0.416 e. The number of carbonyl (C=O) groups excluding carboxylic acids is 1. The Kier molecular flexibility index (Phi) is 7.41. The van der Waals surface area contributed by atoms with E-state index in [9.17, 15) is 18.0 Å². The molecule has 0 fully saturated rings. The fraction of sp³-hybridized carbons (Fsp3) is 0.261. The molecule has 8 heteroatoms. The van der Waals surface area contributed by atoms with E-state index in [4.69, 9.17) is 16.3 Å². The molecule has 1 aromatic heterocycles. The lowest BCUT2D eigenvalue weighted by Crippen LogP contribution is -2.34. The van der Waals surface area contributed by atoms with Crippen LogP contribution < -0.4 is 0 Å². The third-order valence-electron chi connectivity index (χ3n) is 4.81. The Morgan fingerprint density at radius 2 is 1.87 bits per heavy atom. The fourth-order valence-corrected chi connectivity index (χ4v) is 3.43. The molecule has 0 atom stereocenters. The zero-order chi connectivity index (χ0) is 22.4. The third-order valence-corrected chi connectivity index (χ3v) is 5.04. The summed E-state index contributed by atoms with van der Waals surface area (Å²) in [5.74, 6) is -0.202. The molecule has 0 saturated carbocycles. The number of benzene rings is 2. The number of halogens is 4. The van der Waals surface area contributed by atoms with Crippen molar-refractivity contribution in [2.75, 3.05) is 20.3 Å². The number of aromatic nitrogens is 1. The first kappa shape index (κ1) is 22.9. The molecule has 3 aromatic rings. The van der Waals surface area contributed by atoms with Gasteiger partial charge >= 0.3 is 6.18 Å². The second-order valence-corrected chi connectivity index (χ2v) is 7.49. The van der Waals surface area contributed by atoms with Crippen LogP contribution in [0.3, 0.4) is 0 Å². The molecule has 3 rings (SSSR count). The summed E-state index contributed by atoms with van der Waals surface area (Å²) in [6, 6.07) is 15.6. The molecule has 0 saturated heterocycles. The van der Waals surface area contributed by atoms with Crippen LogP contribution in [0.1, 0.15) is 27.2 Å². The lowest BCUT2D eigenvalue weighted by molar-refractivity contribution is -0.137. The van der Waals surface area contributed by atoms with Crippen molar-refractivity contribution in [2.24, 2.45) is 0 Å². The topological polar surface area (TPSA) is 34.5 Å². The van der Waals surface area contributed by atoms with E-state index < -0.39 is 11.7 Å². The van der Waals surface area contributed by atoms with Crippen LogP contribution in [0.15, 0.2) is 66.9 Å². The minimum absolute atomic E-state index is 0.202. The first-order chi connectivity index (χ1) is 14.8. The van der Waals surface area contributed by atoms with E-state index in [-0.39, 0.29) is 19.0 Å². The van der Waals surface area contributed by atoms with Crippen molar-refractivity contribution < 1.29 is 22.7 Å². The van der Waals surface area contributed by atoms with Crippen LogP contribution in [-0.4, -0.2) is 35.6 Å². The van der Waals surface area contributed by atoms with Gasteiger partial charge in [-0.2, -0.15) is 13.2 Å². The monoisotopic (exact) mass is 450 g/mol. The summed E-state index contributed by atoms with van der Waals surface area (Å²) in [7, 11) is 1.55. The van der Waals surface area contributed by atoms with E-state index in [2.05, 4.69) is 0 Å². The van der Waals surface area contributed by atoms with Crippen LogP contribution in [-0.2, 0) is 24.0 Å². The second-order valence-electron chi connectivity index (χ2n) is 7.06. The van der Waals surface area contributed by atoms with Gasteiger partial charge in [0, 0.05) is 42.7 Å². The predicted octanol–water partition coefficient (Wildman–Crippen LogP) is 5.50. The van der Waals surface area contributed by atoms with Crippen LogP contribution in [0.4, 0.5) is 13.2 Å². The number of hydrogen-bond acceptors (Lipinski definition) is 2. The van der Waals surface area contributed by atoms with Gasteiger partial charge in [-0.3, -0.25) is 4.79 Å². The molecule has 0 N–H and O–H groups in total. The van der Waals surface area contributed by atoms with Gasteiger partial charge in [-0.25, -0.2) is 0 Å². The van der Waals surface area contributed by atoms with E-state index >= 15 is 0 Å². The fourth-order valence-electron chi connectivity index (χ4n) is 3.24. The van der Waals surface area contributed by atoms with Crippen molar-refractivity contribution in [3.8, 4) is 0 Å². The third kappa shape index (κ3) is 6.12. The normalized spacial score (nSPS) is 11.5. The Balaban J connectivity index is 1.81. The highest BCUT2D eigenvalue weighted by Gasteiger charge is 2.30. The number of carbonyl (C=O) groups is 1. The summed E-state index contributed by atoms with van der Waals surface area (Å²) in [6.45, 7) is 1.24. The smallest absolute Gasteiger partial charge is 0.383 e. The lowest BCUT2D eigenvalue weighted by Gasteiger charge is -2.23. The minimum atomic E-state index is -4.39. The number of alkyl halides is 3. The summed E-state index contributed by atoms with van der Waals surface area (Å²) in [4.78, 5) is 14.7. The highest BCUT2D eigenvalue weighted by molar-refractivity contribution is 6.30. The molecular formula is C23H22ClF3N2O2. The van der Waals surface area contributed by atoms with E-state index in [1.807, 2.05) is 10.6 Å². The Morgan fingerprint density at radius 3 is 2.58 bits per heavy atom. The van der Waals surface area contributed by atoms with E-state index in [0.29, 0.717) is 29.3 Å². The summed E-state index contributed by atoms with van der Waals surface area (Å²) in [5.41, 5.74) is 1.09. The Bertz CT molecular complexity index is 1030. The average molecular weight is 451 g/mol. The van der Waals surface area contributed by atoms with Crippen LogP contribution in [0, 0.1) is 0 Å². The molecule has 1 heterocycles. The first-order valence-electron chi connectivity index (χ1n) is 9.62. The molecule has 0 aliphatic rings. The number of nitrogens with zero attached hydrogens (tertiary/aromatic N) is 2. The van der Waals surface area contributed by atoms with Crippen LogP contribution in [0.5, 0.6) is 0 Å². The standard InChI is InChI=1S/C23H22ClF3N2O2/c1-31-12-11-29(22(30)18-6-3-8-20(24)14-18)16-21-9-4-10-28(21)15-17-5-2-7-19(13-17)23(25,26)27/h2-10,13-14H,11-12,15-16H2,1H3. The number of hydrogen-bond donors (Lipinski definition) is 0. The molecule has 2 aromatic carbocycles. The number of methoxy groups -OCH3 is 1. The van der Waals surface area contributed by atoms with Crippen molar-refractivity contribution in [1.82, 2.24) is 9.47 Å². The van der Waals surface area contributed by atoms with Crippen LogP contribution in [0.2, 0.25) is 5.02 Å². The first-order valence-corrected chi connectivity index (χ1v) is 9.99. The molecule has 164 valence electrons. The Morgan fingerprint density at radius 1 is 1.10 bits per heavy atom. The largest absolute Gasteiger partial charge is 0.416 e. The maximum atomic E-state index is 13.0. The molecule has 1 amide bonds. The molecule has 31 heavy (non-hydrogen) atoms. The zero-order valence-electron chi connectivity index (χ0n) is 16.9. The number of ether oxygens (including phenoxy) is 1. The van der Waals surface area contributed by atoms with Crippen molar-refractivity contribution in [1.29, 1.82) is 0 Å². The van der Waals surface area contributed by atoms with Gasteiger partial charge in [0.15, 0.2) is 0 Å². The van der Waals surface area contributed by atoms with Gasteiger partial charge in [0.05, 0.1) is 18.7 Å². The van der Waals surface area contributed by atoms with Crippen LogP contribution in [0.25, 0.3) is 0 Å². The van der Waals surface area contributed by atoms with Gasteiger partial charge in [0.2, 0.25) is 0 Å². The second kappa shape index (κ2) is 10.0. The van der Waals surface area contributed by atoms with E-state index in [1.54, 1.807) is 54.6 Å². The molecule has 0 spiro atoms. The minimum Gasteiger partial charge on any atom is -0.383 e. The van der Waals surface area contributed by atoms with Gasteiger partial charge in [-0.1, -0.05) is 29.8 Å². The predicted molar refractivity (Wildman–Crippen MR) is 113 cm³/mol. The molecule has 0 unspecified atom stereocenters. The lowest BCUT2D eigenvalue weighted by atomic mass is 10.1. The maximum absolute atomic E-state index is 13.0. The molecule has 0 bridgehead atoms. The van der Waals surface area contributed by atoms with Gasteiger partial charge in [-0.15, -0.1) is 0 Å². The molecule has 4 nitrogen and oxygen atoms in total. The van der Waals surface area contributed by atoms with Gasteiger partial charge in [-0.05, 0) is 48.0 Å². The average Bonchev–Trinajstić information content (AvgIpc) is 3.16. The number of rotatable bonds is 8. The molecule has 0 radical (unpaired) electrons. The highest BCUT2D eigenvalue weighted by atomic mass is 35.5. The van der Waals surface area contributed by atoms with Crippen molar-refractivity contribution in [3.63, 3.8) is 0 Å². The summed E-state index contributed by atoms with van der Waals surface area (Å²) in [6.07, 6.45) is -2.61. The SMILES string of the molecule is COCCN(Cc1cccn1Cc1cccc(C(F)(F)F)c1)C(=O)c1cccc(Cl)c1. The quantitative estimate of drug-likeness (QED) is 0.454. The number of amides is 1.